The smallest absolute Gasteiger partial charge is 0.153 e. The molecule has 174 valence electrons. The van der Waals surface area contributed by atoms with E-state index in [1.807, 2.05) is 18.5 Å². The van der Waals surface area contributed by atoms with Crippen LogP contribution >= 0.6 is 0 Å². The molecule has 0 radical (unpaired) electrons. The quantitative estimate of drug-likeness (QED) is 0.247. The molecule has 0 amide bonds. The monoisotopic (exact) mass is 459 g/mol. The number of anilines is 3. The average molecular weight is 460 g/mol. The fourth-order valence-corrected chi connectivity index (χ4v) is 5.23. The summed E-state index contributed by atoms with van der Waals surface area (Å²) in [5.41, 5.74) is 9.93. The average Bonchev–Trinajstić information content (AvgIpc) is 2.82. The summed E-state index contributed by atoms with van der Waals surface area (Å²) < 4.78 is 6.52. The van der Waals surface area contributed by atoms with Crippen LogP contribution in [0.4, 0.5) is 17.1 Å². The maximum Gasteiger partial charge on any atom is 0.153 e. The van der Waals surface area contributed by atoms with E-state index in [4.69, 9.17) is 14.7 Å². The molecule has 6 rings (SSSR count). The summed E-state index contributed by atoms with van der Waals surface area (Å²) in [6, 6.07) is 19.1. The molecule has 35 heavy (non-hydrogen) atoms. The molecule has 0 atom stereocenters. The Morgan fingerprint density at radius 1 is 0.686 bits per heavy atom. The first-order valence-electron chi connectivity index (χ1n) is 12.1. The van der Waals surface area contributed by atoms with Crippen LogP contribution in [0.15, 0.2) is 67.0 Å². The van der Waals surface area contributed by atoms with Gasteiger partial charge in [0.1, 0.15) is 11.4 Å². The molecule has 0 saturated heterocycles. The van der Waals surface area contributed by atoms with Crippen LogP contribution in [0.5, 0.6) is 11.5 Å². The van der Waals surface area contributed by atoms with E-state index in [0.29, 0.717) is 0 Å². The second-order valence-corrected chi connectivity index (χ2v) is 10.6. The molecular formula is C31H29N3O. The molecule has 0 aliphatic carbocycles. The van der Waals surface area contributed by atoms with Crippen molar-refractivity contribution >= 4 is 38.9 Å². The Labute approximate surface area is 206 Å². The normalized spacial score (nSPS) is 13.0. The minimum absolute atomic E-state index is 0.0640. The largest absolute Gasteiger partial charge is 0.453 e. The van der Waals surface area contributed by atoms with Gasteiger partial charge in [0.25, 0.3) is 0 Å². The van der Waals surface area contributed by atoms with E-state index in [2.05, 4.69) is 95.0 Å². The van der Waals surface area contributed by atoms with Crippen molar-refractivity contribution in [2.24, 2.45) is 0 Å². The van der Waals surface area contributed by atoms with Crippen molar-refractivity contribution in [3.05, 3.63) is 89.2 Å². The maximum atomic E-state index is 6.52. The number of aromatic nitrogens is 2. The van der Waals surface area contributed by atoms with Crippen LogP contribution in [0.3, 0.4) is 0 Å². The molecule has 4 heteroatoms. The highest BCUT2D eigenvalue weighted by Crippen LogP contribution is 2.56. The van der Waals surface area contributed by atoms with Crippen molar-refractivity contribution in [3.8, 4) is 11.5 Å². The Hall–Kier alpha value is -3.92. The van der Waals surface area contributed by atoms with Gasteiger partial charge < -0.3 is 4.74 Å². The lowest BCUT2D eigenvalue weighted by molar-refractivity contribution is 0.478. The van der Waals surface area contributed by atoms with Gasteiger partial charge in [-0.25, -0.2) is 0 Å². The third kappa shape index (κ3) is 3.28. The Bertz CT molecular complexity index is 1620. The van der Waals surface area contributed by atoms with Gasteiger partial charge in [-0.05, 0) is 84.8 Å². The highest BCUT2D eigenvalue weighted by Gasteiger charge is 2.33. The Morgan fingerprint density at radius 2 is 1.34 bits per heavy atom. The SMILES string of the molecule is Cc1cc(C(C)(C)C)cc(C)c1N1c2c(ccc3cccnc23)Oc2ccc3c(C)ccnc3c21. The number of nitrogens with zero attached hydrogens (tertiary/aromatic N) is 3. The number of pyridine rings is 2. The van der Waals surface area contributed by atoms with E-state index in [0.717, 1.165) is 50.4 Å². The lowest BCUT2D eigenvalue weighted by Crippen LogP contribution is -2.20. The third-order valence-electron chi connectivity index (χ3n) is 7.03. The van der Waals surface area contributed by atoms with Gasteiger partial charge in [-0.15, -0.1) is 0 Å². The van der Waals surface area contributed by atoms with Crippen LogP contribution in [-0.2, 0) is 5.41 Å². The minimum atomic E-state index is 0.0640. The molecule has 0 saturated carbocycles. The van der Waals surface area contributed by atoms with Gasteiger partial charge in [0.15, 0.2) is 11.5 Å². The molecule has 0 unspecified atom stereocenters. The second kappa shape index (κ2) is 7.54. The topological polar surface area (TPSA) is 38.2 Å². The van der Waals surface area contributed by atoms with Crippen LogP contribution < -0.4 is 9.64 Å². The van der Waals surface area contributed by atoms with E-state index in [1.54, 1.807) is 0 Å². The molecule has 1 aliphatic heterocycles. The Kier molecular flexibility index (Phi) is 4.65. The van der Waals surface area contributed by atoms with Crippen LogP contribution in [0, 0.1) is 20.8 Å². The molecule has 0 spiro atoms. The van der Waals surface area contributed by atoms with Gasteiger partial charge in [0.2, 0.25) is 0 Å². The molecule has 5 aromatic rings. The zero-order chi connectivity index (χ0) is 24.5. The van der Waals surface area contributed by atoms with Crippen molar-refractivity contribution in [3.63, 3.8) is 0 Å². The summed E-state index contributed by atoms with van der Waals surface area (Å²) >= 11 is 0. The van der Waals surface area contributed by atoms with Gasteiger partial charge in [0, 0.05) is 23.2 Å². The summed E-state index contributed by atoms with van der Waals surface area (Å²) in [6.07, 6.45) is 3.74. The molecule has 2 aromatic heterocycles. The Balaban J connectivity index is 1.76. The zero-order valence-corrected chi connectivity index (χ0v) is 21.1. The maximum absolute atomic E-state index is 6.52. The standard InChI is InChI=1S/C31H29N3O/c1-18-13-15-33-27-23(18)10-12-25-30(27)34(28-19(2)16-22(17-20(28)3)31(4,5)6)29-24(35-25)11-9-21-8-7-14-32-26(21)29/h7-17H,1-6H3. The van der Waals surface area contributed by atoms with E-state index in [1.165, 1.54) is 22.3 Å². The third-order valence-corrected chi connectivity index (χ3v) is 7.03. The van der Waals surface area contributed by atoms with Crippen molar-refractivity contribution in [2.75, 3.05) is 4.90 Å². The van der Waals surface area contributed by atoms with Crippen LogP contribution in [-0.4, -0.2) is 9.97 Å². The number of benzene rings is 3. The first-order valence-corrected chi connectivity index (χ1v) is 12.1. The molecule has 4 nitrogen and oxygen atoms in total. The summed E-state index contributed by atoms with van der Waals surface area (Å²) in [5.74, 6) is 1.60. The fraction of sp³-hybridized carbons (Fsp3) is 0.226. The zero-order valence-electron chi connectivity index (χ0n) is 21.1. The van der Waals surface area contributed by atoms with Gasteiger partial charge in [-0.1, -0.05) is 39.0 Å². The molecule has 0 bridgehead atoms. The van der Waals surface area contributed by atoms with Crippen molar-refractivity contribution in [1.82, 2.24) is 9.97 Å². The minimum Gasteiger partial charge on any atom is -0.453 e. The van der Waals surface area contributed by atoms with E-state index >= 15 is 0 Å². The van der Waals surface area contributed by atoms with Crippen LogP contribution in [0.2, 0.25) is 0 Å². The van der Waals surface area contributed by atoms with E-state index in [9.17, 15) is 0 Å². The fourth-order valence-electron chi connectivity index (χ4n) is 5.23. The summed E-state index contributed by atoms with van der Waals surface area (Å²) in [5, 5.41) is 2.20. The van der Waals surface area contributed by atoms with Crippen molar-refractivity contribution in [2.45, 2.75) is 47.0 Å². The second-order valence-electron chi connectivity index (χ2n) is 10.6. The number of ether oxygens (including phenoxy) is 1. The highest BCUT2D eigenvalue weighted by atomic mass is 16.5. The summed E-state index contributed by atoms with van der Waals surface area (Å²) in [7, 11) is 0. The molecular weight excluding hydrogens is 430 g/mol. The number of hydrogen-bond donors (Lipinski definition) is 0. The van der Waals surface area contributed by atoms with Gasteiger partial charge >= 0.3 is 0 Å². The predicted molar refractivity (Wildman–Crippen MR) is 145 cm³/mol. The summed E-state index contributed by atoms with van der Waals surface area (Å²) in [4.78, 5) is 12.0. The first-order chi connectivity index (χ1) is 16.7. The molecule has 0 fully saturated rings. The van der Waals surface area contributed by atoms with E-state index in [-0.39, 0.29) is 5.41 Å². The summed E-state index contributed by atoms with van der Waals surface area (Å²) in [6.45, 7) is 13.3. The lowest BCUT2D eigenvalue weighted by atomic mass is 9.84. The van der Waals surface area contributed by atoms with Gasteiger partial charge in [0.05, 0.1) is 16.7 Å². The first kappa shape index (κ1) is 21.6. The van der Waals surface area contributed by atoms with E-state index < -0.39 is 0 Å². The number of hydrogen-bond acceptors (Lipinski definition) is 4. The number of rotatable bonds is 1. The van der Waals surface area contributed by atoms with Crippen molar-refractivity contribution in [1.29, 1.82) is 0 Å². The number of aryl methyl sites for hydroxylation is 3. The van der Waals surface area contributed by atoms with Gasteiger partial charge in [-0.3, -0.25) is 14.9 Å². The van der Waals surface area contributed by atoms with Gasteiger partial charge in [-0.2, -0.15) is 0 Å². The Morgan fingerprint density at radius 3 is 2.06 bits per heavy atom. The molecule has 3 aromatic carbocycles. The molecule has 3 heterocycles. The number of fused-ring (bicyclic) bond motifs is 6. The highest BCUT2D eigenvalue weighted by molar-refractivity contribution is 6.08. The van der Waals surface area contributed by atoms with Crippen LogP contribution in [0.1, 0.15) is 43.0 Å². The molecule has 0 N–H and O–H groups in total. The van der Waals surface area contributed by atoms with Crippen LogP contribution in [0.25, 0.3) is 21.8 Å². The van der Waals surface area contributed by atoms with Crippen molar-refractivity contribution < 1.29 is 4.74 Å². The lowest BCUT2D eigenvalue weighted by Gasteiger charge is -2.36. The molecule has 1 aliphatic rings. The predicted octanol–water partition coefficient (Wildman–Crippen LogP) is 8.58.